The van der Waals surface area contributed by atoms with Crippen LogP contribution in [0, 0.1) is 0 Å². The van der Waals surface area contributed by atoms with Crippen molar-refractivity contribution in [1.82, 2.24) is 20.4 Å². The Kier molecular flexibility index (Phi) is 4.79. The second-order valence-corrected chi connectivity index (χ2v) is 5.34. The van der Waals surface area contributed by atoms with Gasteiger partial charge in [-0.2, -0.15) is 0 Å². The summed E-state index contributed by atoms with van der Waals surface area (Å²) in [5, 5.41) is 5.18. The van der Waals surface area contributed by atoms with E-state index in [9.17, 15) is 14.4 Å². The Bertz CT molecular complexity index is 426. The first kappa shape index (κ1) is 15.7. The topological polar surface area (TPSA) is 91.0 Å². The van der Waals surface area contributed by atoms with Crippen molar-refractivity contribution in [3.63, 3.8) is 0 Å². The number of hydrogen-bond acceptors (Lipinski definition) is 5. The van der Waals surface area contributed by atoms with Crippen LogP contribution in [0.2, 0.25) is 0 Å². The highest BCUT2D eigenvalue weighted by Gasteiger charge is 2.47. The molecule has 1 unspecified atom stereocenters. The average molecular weight is 298 g/mol. The number of carbonyl (C=O) groups is 3. The van der Waals surface area contributed by atoms with Crippen molar-refractivity contribution < 1.29 is 19.1 Å². The summed E-state index contributed by atoms with van der Waals surface area (Å²) in [6.45, 7) is 1.85. The van der Waals surface area contributed by atoms with Crippen LogP contribution >= 0.6 is 0 Å². The van der Waals surface area contributed by atoms with E-state index >= 15 is 0 Å². The zero-order valence-electron chi connectivity index (χ0n) is 12.5. The van der Waals surface area contributed by atoms with Crippen LogP contribution < -0.4 is 10.6 Å². The summed E-state index contributed by atoms with van der Waals surface area (Å²) in [7, 11) is 3.17. The second kappa shape index (κ2) is 6.40. The highest BCUT2D eigenvalue weighted by atomic mass is 16.5. The number of nitrogens with zero attached hydrogens (tertiary/aromatic N) is 2. The molecule has 2 aliphatic rings. The Labute approximate surface area is 123 Å². The fourth-order valence-electron chi connectivity index (χ4n) is 3.12. The summed E-state index contributed by atoms with van der Waals surface area (Å²) in [6, 6.07) is -0.364. The first-order valence-electron chi connectivity index (χ1n) is 7.09. The van der Waals surface area contributed by atoms with Gasteiger partial charge >= 0.3 is 6.03 Å². The lowest BCUT2D eigenvalue weighted by Gasteiger charge is -2.36. The maximum absolute atomic E-state index is 12.3. The van der Waals surface area contributed by atoms with E-state index in [1.165, 1.54) is 4.90 Å². The molecule has 2 aliphatic heterocycles. The number of likely N-dealkylation sites (tertiary alicyclic amines) is 1. The predicted molar refractivity (Wildman–Crippen MR) is 74.6 cm³/mol. The van der Waals surface area contributed by atoms with E-state index in [0.29, 0.717) is 19.6 Å². The first-order valence-corrected chi connectivity index (χ1v) is 7.09. The molecule has 0 aromatic rings. The number of rotatable bonds is 6. The van der Waals surface area contributed by atoms with Gasteiger partial charge in [-0.3, -0.25) is 19.4 Å². The van der Waals surface area contributed by atoms with Crippen molar-refractivity contribution in [3.8, 4) is 0 Å². The minimum atomic E-state index is -0.706. The fraction of sp³-hybridized carbons (Fsp3) is 0.769. The van der Waals surface area contributed by atoms with Crippen molar-refractivity contribution in [1.29, 1.82) is 0 Å². The molecule has 2 N–H and O–H groups in total. The Morgan fingerprint density at radius 3 is 2.76 bits per heavy atom. The molecule has 0 radical (unpaired) electrons. The van der Waals surface area contributed by atoms with Crippen molar-refractivity contribution in [2.45, 2.75) is 18.4 Å². The van der Waals surface area contributed by atoms with Crippen molar-refractivity contribution in [2.24, 2.45) is 0 Å². The van der Waals surface area contributed by atoms with Crippen LogP contribution in [-0.4, -0.2) is 80.1 Å². The molecule has 8 nitrogen and oxygen atoms in total. The highest BCUT2D eigenvalue weighted by molar-refractivity contribution is 6.01. The minimum absolute atomic E-state index is 0.0531. The Balaban J connectivity index is 2.05. The van der Waals surface area contributed by atoms with Gasteiger partial charge in [0.25, 0.3) is 0 Å². The molecule has 0 aliphatic carbocycles. The predicted octanol–water partition coefficient (Wildman–Crippen LogP) is -1.23. The van der Waals surface area contributed by atoms with Crippen molar-refractivity contribution in [3.05, 3.63) is 0 Å². The van der Waals surface area contributed by atoms with Crippen molar-refractivity contribution in [2.75, 3.05) is 46.9 Å². The zero-order valence-corrected chi connectivity index (χ0v) is 12.5. The smallest absolute Gasteiger partial charge is 0.324 e. The summed E-state index contributed by atoms with van der Waals surface area (Å²) < 4.78 is 5.23. The Hall–Kier alpha value is -1.67. The van der Waals surface area contributed by atoms with Crippen LogP contribution in [0.4, 0.5) is 4.79 Å². The van der Waals surface area contributed by atoms with Crippen LogP contribution in [-0.2, 0) is 14.3 Å². The number of ether oxygens (including phenoxy) is 1. The van der Waals surface area contributed by atoms with Crippen LogP contribution in [0.15, 0.2) is 0 Å². The number of carbonyl (C=O) groups excluding carboxylic acids is 3. The molecule has 0 aromatic carbocycles. The van der Waals surface area contributed by atoms with Gasteiger partial charge in [0.15, 0.2) is 0 Å². The fourth-order valence-corrected chi connectivity index (χ4v) is 3.12. The van der Waals surface area contributed by atoms with Crippen LogP contribution in [0.1, 0.15) is 12.8 Å². The molecule has 0 aromatic heterocycles. The lowest BCUT2D eigenvalue weighted by molar-refractivity contribution is -0.135. The van der Waals surface area contributed by atoms with E-state index in [0.717, 1.165) is 13.0 Å². The normalized spacial score (nSPS) is 26.3. The molecule has 118 valence electrons. The third-order valence-electron chi connectivity index (χ3n) is 4.19. The standard InChI is InChI=1S/C13H22N4O4/c1-14-11(19)13(9-21-2)4-3-5-16(13)6-7-17-10(18)8-15-12(17)20/h3-9H2,1-2H3,(H,14,19)(H,15,20). The van der Waals surface area contributed by atoms with Crippen LogP contribution in [0.5, 0.6) is 0 Å². The molecule has 0 saturated carbocycles. The van der Waals surface area contributed by atoms with Gasteiger partial charge in [0.2, 0.25) is 11.8 Å². The van der Waals surface area contributed by atoms with Gasteiger partial charge in [-0.25, -0.2) is 4.79 Å². The third-order valence-corrected chi connectivity index (χ3v) is 4.19. The summed E-state index contributed by atoms with van der Waals surface area (Å²) in [5.41, 5.74) is -0.706. The molecule has 8 heteroatoms. The molecule has 2 heterocycles. The molecular weight excluding hydrogens is 276 g/mol. The molecular formula is C13H22N4O4. The zero-order chi connectivity index (χ0) is 15.5. The van der Waals surface area contributed by atoms with E-state index in [2.05, 4.69) is 10.6 Å². The van der Waals surface area contributed by atoms with Crippen molar-refractivity contribution >= 4 is 17.8 Å². The number of amides is 4. The average Bonchev–Trinajstić information content (AvgIpc) is 3.02. The van der Waals surface area contributed by atoms with E-state index in [4.69, 9.17) is 4.74 Å². The summed E-state index contributed by atoms with van der Waals surface area (Å²) >= 11 is 0. The van der Waals surface area contributed by atoms with Gasteiger partial charge in [-0.15, -0.1) is 0 Å². The number of urea groups is 1. The third kappa shape index (κ3) is 2.86. The summed E-state index contributed by atoms with van der Waals surface area (Å²) in [5.74, 6) is -0.310. The van der Waals surface area contributed by atoms with E-state index in [1.807, 2.05) is 4.90 Å². The monoisotopic (exact) mass is 298 g/mol. The molecule has 0 spiro atoms. The number of hydrogen-bond donors (Lipinski definition) is 2. The molecule has 0 bridgehead atoms. The number of methoxy groups -OCH3 is 1. The summed E-state index contributed by atoms with van der Waals surface area (Å²) in [4.78, 5) is 38.6. The Morgan fingerprint density at radius 1 is 1.43 bits per heavy atom. The molecule has 2 fully saturated rings. The maximum atomic E-state index is 12.3. The summed E-state index contributed by atoms with van der Waals surface area (Å²) in [6.07, 6.45) is 1.59. The van der Waals surface area contributed by atoms with Crippen LogP contribution in [0.25, 0.3) is 0 Å². The van der Waals surface area contributed by atoms with Gasteiger partial charge in [-0.1, -0.05) is 0 Å². The maximum Gasteiger partial charge on any atom is 0.324 e. The Morgan fingerprint density at radius 2 is 2.19 bits per heavy atom. The SMILES string of the molecule is CNC(=O)C1(COC)CCCN1CCN1C(=O)CNC1=O. The molecule has 1 atom stereocenters. The van der Waals surface area contributed by atoms with Gasteiger partial charge in [0.05, 0.1) is 13.2 Å². The highest BCUT2D eigenvalue weighted by Crippen LogP contribution is 2.30. The minimum Gasteiger partial charge on any atom is -0.382 e. The van der Waals surface area contributed by atoms with Gasteiger partial charge in [0, 0.05) is 27.2 Å². The molecule has 2 rings (SSSR count). The largest absolute Gasteiger partial charge is 0.382 e. The first-order chi connectivity index (χ1) is 10.0. The van der Waals surface area contributed by atoms with Gasteiger partial charge in [0.1, 0.15) is 5.54 Å². The van der Waals surface area contributed by atoms with Crippen LogP contribution in [0.3, 0.4) is 0 Å². The quantitative estimate of drug-likeness (QED) is 0.599. The van der Waals surface area contributed by atoms with E-state index in [-0.39, 0.29) is 30.9 Å². The lowest BCUT2D eigenvalue weighted by Crippen LogP contribution is -2.59. The number of likely N-dealkylation sites (N-methyl/N-ethyl adjacent to an activating group) is 1. The molecule has 21 heavy (non-hydrogen) atoms. The van der Waals surface area contributed by atoms with E-state index in [1.54, 1.807) is 14.2 Å². The number of imide groups is 1. The van der Waals surface area contributed by atoms with E-state index < -0.39 is 5.54 Å². The van der Waals surface area contributed by atoms with Gasteiger partial charge in [-0.05, 0) is 19.4 Å². The molecule has 2 saturated heterocycles. The molecule has 4 amide bonds. The lowest BCUT2D eigenvalue weighted by atomic mass is 9.96. The van der Waals surface area contributed by atoms with Gasteiger partial charge < -0.3 is 15.4 Å². The number of nitrogens with one attached hydrogen (secondary N) is 2. The second-order valence-electron chi connectivity index (χ2n) is 5.34.